The second-order valence-electron chi connectivity index (χ2n) is 11.5. The monoisotopic (exact) mass is 621 g/mol. The van der Waals surface area contributed by atoms with Gasteiger partial charge >= 0.3 is 6.18 Å². The number of rotatable bonds is 8. The molecule has 2 aliphatic rings. The second kappa shape index (κ2) is 12.2. The van der Waals surface area contributed by atoms with E-state index >= 15 is 0 Å². The van der Waals surface area contributed by atoms with E-state index in [0.29, 0.717) is 41.5 Å². The van der Waals surface area contributed by atoms with E-state index in [-0.39, 0.29) is 37.2 Å². The molecule has 232 valence electrons. The molecule has 0 bridgehead atoms. The van der Waals surface area contributed by atoms with Gasteiger partial charge in [-0.25, -0.2) is 19.4 Å². The van der Waals surface area contributed by atoms with Crippen LogP contribution < -0.4 is 14.4 Å². The minimum atomic E-state index is -4.33. The van der Waals surface area contributed by atoms with Gasteiger partial charge in [-0.15, -0.1) is 5.10 Å². The molecule has 2 aromatic heterocycles. The fourth-order valence-corrected chi connectivity index (χ4v) is 5.42. The fourth-order valence-electron chi connectivity index (χ4n) is 4.77. The average Bonchev–Trinajstić information content (AvgIpc) is 3.61. The third-order valence-corrected chi connectivity index (χ3v) is 8.49. The van der Waals surface area contributed by atoms with E-state index in [2.05, 4.69) is 23.7 Å². The third kappa shape index (κ3) is 7.19. The van der Waals surface area contributed by atoms with Crippen molar-refractivity contribution in [3.05, 3.63) is 54.2 Å². The summed E-state index contributed by atoms with van der Waals surface area (Å²) in [5.74, 6) is 0.441. The Balaban J connectivity index is 1.44. The van der Waals surface area contributed by atoms with Crippen molar-refractivity contribution in [1.82, 2.24) is 19.5 Å². The van der Waals surface area contributed by atoms with Gasteiger partial charge in [-0.05, 0) is 88.7 Å². The standard InChI is InChI=1S/C29H34F3N5O5S/c1-19-9-11-27(2,3)36(15-16-41-42-19)25-22(26(39)35-43-21-6-4-5-20(38)17-21)7-8-23(33-25)37-14-10-24(34-37)40-18-28(12-13-28)29(30,31)32/h4-8,10,14,17,19,38H,9,11-13,15-16,18H2,1-3H3,(H,35,39). The van der Waals surface area contributed by atoms with Crippen LogP contribution in [0.4, 0.5) is 19.0 Å². The van der Waals surface area contributed by atoms with Gasteiger partial charge in [-0.3, -0.25) is 9.52 Å². The van der Waals surface area contributed by atoms with E-state index in [9.17, 15) is 23.1 Å². The van der Waals surface area contributed by atoms with Crippen molar-refractivity contribution in [3.63, 3.8) is 0 Å². The van der Waals surface area contributed by atoms with Crippen LogP contribution in [0.1, 0.15) is 56.8 Å². The largest absolute Gasteiger partial charge is 0.508 e. The van der Waals surface area contributed by atoms with Crippen molar-refractivity contribution < 1.29 is 37.6 Å². The van der Waals surface area contributed by atoms with Crippen molar-refractivity contribution in [3.8, 4) is 17.4 Å². The van der Waals surface area contributed by atoms with Crippen LogP contribution in [0.25, 0.3) is 5.82 Å². The third-order valence-electron chi connectivity index (χ3n) is 7.71. The van der Waals surface area contributed by atoms with Crippen LogP contribution in [0.5, 0.6) is 11.6 Å². The number of ether oxygens (including phenoxy) is 1. The number of aromatic nitrogens is 3. The molecule has 1 aliphatic heterocycles. The minimum absolute atomic E-state index is 0.0362. The number of anilines is 1. The zero-order valence-corrected chi connectivity index (χ0v) is 24.9. The maximum atomic E-state index is 13.5. The first-order valence-electron chi connectivity index (χ1n) is 14.0. The first kappa shape index (κ1) is 31.0. The summed E-state index contributed by atoms with van der Waals surface area (Å²) in [6.07, 6.45) is -1.40. The molecule has 1 amide bonds. The van der Waals surface area contributed by atoms with E-state index in [1.54, 1.807) is 30.5 Å². The lowest BCUT2D eigenvalue weighted by molar-refractivity contribution is -0.318. The number of halogens is 3. The molecule has 10 nitrogen and oxygen atoms in total. The molecule has 1 unspecified atom stereocenters. The highest BCUT2D eigenvalue weighted by Gasteiger charge is 2.64. The molecule has 1 aromatic carbocycles. The molecule has 5 rings (SSSR count). The molecule has 1 aliphatic carbocycles. The number of carbonyl (C=O) groups is 1. The Labute approximate surface area is 251 Å². The van der Waals surface area contributed by atoms with Gasteiger partial charge in [-0.1, -0.05) is 6.07 Å². The highest BCUT2D eigenvalue weighted by Crippen LogP contribution is 2.57. The molecule has 3 heterocycles. The number of aromatic hydroxyl groups is 1. The first-order chi connectivity index (χ1) is 20.4. The second-order valence-corrected chi connectivity index (χ2v) is 12.3. The number of pyridine rings is 1. The van der Waals surface area contributed by atoms with Gasteiger partial charge in [0.15, 0.2) is 5.82 Å². The number of hydrogen-bond donors (Lipinski definition) is 2. The molecule has 1 saturated heterocycles. The van der Waals surface area contributed by atoms with E-state index in [1.807, 2.05) is 11.8 Å². The van der Waals surface area contributed by atoms with Crippen molar-refractivity contribution >= 4 is 23.7 Å². The Morgan fingerprint density at radius 3 is 2.72 bits per heavy atom. The molecule has 0 radical (unpaired) electrons. The predicted octanol–water partition coefficient (Wildman–Crippen LogP) is 5.85. The van der Waals surface area contributed by atoms with Gasteiger partial charge in [0.25, 0.3) is 5.91 Å². The molecule has 2 N–H and O–H groups in total. The quantitative estimate of drug-likeness (QED) is 0.237. The summed E-state index contributed by atoms with van der Waals surface area (Å²) >= 11 is 1.06. The van der Waals surface area contributed by atoms with Gasteiger partial charge in [0.1, 0.15) is 23.6 Å². The molecule has 0 spiro atoms. The van der Waals surface area contributed by atoms with Crippen LogP contribution in [0.2, 0.25) is 0 Å². The normalized spacial score (nSPS) is 20.0. The summed E-state index contributed by atoms with van der Waals surface area (Å²) < 4.78 is 49.7. The highest BCUT2D eigenvalue weighted by atomic mass is 32.2. The molecular formula is C29H34F3N5O5S. The lowest BCUT2D eigenvalue weighted by atomic mass is 9.93. The zero-order chi connectivity index (χ0) is 30.8. The number of nitrogens with one attached hydrogen (secondary N) is 1. The number of hydrogen-bond acceptors (Lipinski definition) is 9. The maximum Gasteiger partial charge on any atom is 0.397 e. The maximum absolute atomic E-state index is 13.5. The van der Waals surface area contributed by atoms with Crippen LogP contribution >= 0.6 is 11.9 Å². The highest BCUT2D eigenvalue weighted by molar-refractivity contribution is 7.98. The number of benzene rings is 1. The zero-order valence-electron chi connectivity index (χ0n) is 24.1. The van der Waals surface area contributed by atoms with E-state index in [1.165, 1.54) is 22.9 Å². The van der Waals surface area contributed by atoms with Crippen molar-refractivity contribution in [2.24, 2.45) is 5.41 Å². The Morgan fingerprint density at radius 2 is 2.00 bits per heavy atom. The lowest BCUT2D eigenvalue weighted by Crippen LogP contribution is -2.47. The topological polar surface area (TPSA) is 111 Å². The van der Waals surface area contributed by atoms with Crippen molar-refractivity contribution in [1.29, 1.82) is 0 Å². The predicted molar refractivity (Wildman–Crippen MR) is 153 cm³/mol. The Morgan fingerprint density at radius 1 is 1.21 bits per heavy atom. The summed E-state index contributed by atoms with van der Waals surface area (Å²) in [5.41, 5.74) is -1.98. The Hall–Kier alpha value is -3.49. The van der Waals surface area contributed by atoms with Gasteiger partial charge in [0, 0.05) is 29.2 Å². The van der Waals surface area contributed by atoms with Crippen molar-refractivity contribution in [2.45, 2.75) is 69.2 Å². The molecule has 43 heavy (non-hydrogen) atoms. The smallest absolute Gasteiger partial charge is 0.397 e. The summed E-state index contributed by atoms with van der Waals surface area (Å²) in [5, 5.41) is 14.1. The van der Waals surface area contributed by atoms with Gasteiger partial charge in [0.2, 0.25) is 5.88 Å². The summed E-state index contributed by atoms with van der Waals surface area (Å²) in [7, 11) is 0. The summed E-state index contributed by atoms with van der Waals surface area (Å²) in [4.78, 5) is 31.8. The van der Waals surface area contributed by atoms with Gasteiger partial charge in [-0.2, -0.15) is 13.2 Å². The number of phenols is 1. The number of nitrogens with zero attached hydrogens (tertiary/aromatic N) is 4. The van der Waals surface area contributed by atoms with Crippen LogP contribution in [0.15, 0.2) is 53.6 Å². The van der Waals surface area contributed by atoms with Crippen LogP contribution in [0.3, 0.4) is 0 Å². The van der Waals surface area contributed by atoms with Crippen molar-refractivity contribution in [2.75, 3.05) is 24.7 Å². The van der Waals surface area contributed by atoms with Crippen LogP contribution in [-0.2, 0) is 9.78 Å². The van der Waals surface area contributed by atoms with Gasteiger partial charge in [0.05, 0.1) is 18.3 Å². The van der Waals surface area contributed by atoms with Crippen LogP contribution in [-0.4, -0.2) is 63.4 Å². The molecule has 2 fully saturated rings. The Bertz CT molecular complexity index is 1450. The average molecular weight is 622 g/mol. The summed E-state index contributed by atoms with van der Waals surface area (Å²) in [6.45, 7) is 6.13. The summed E-state index contributed by atoms with van der Waals surface area (Å²) in [6, 6.07) is 11.2. The number of phenolic OH excluding ortho intramolecular Hbond substituents is 1. The van der Waals surface area contributed by atoms with Gasteiger partial charge < -0.3 is 14.7 Å². The number of alkyl halides is 3. The molecular weight excluding hydrogens is 587 g/mol. The molecule has 3 aromatic rings. The molecule has 1 saturated carbocycles. The SMILES string of the molecule is CC1CCC(C)(C)N(c2nc(-n3ccc(OCC4(C(F)(F)F)CC4)n3)ccc2C(=O)NSc2cccc(O)c2)CCOO1. The molecule has 1 atom stereocenters. The van der Waals surface area contributed by atoms with E-state index in [4.69, 9.17) is 19.5 Å². The minimum Gasteiger partial charge on any atom is -0.508 e. The Kier molecular flexibility index (Phi) is 8.82. The van der Waals surface area contributed by atoms with E-state index < -0.39 is 29.6 Å². The number of carbonyl (C=O) groups excluding carboxylic acids is 1. The van der Waals surface area contributed by atoms with Crippen LogP contribution in [0, 0.1) is 5.41 Å². The lowest BCUT2D eigenvalue weighted by Gasteiger charge is -2.40. The molecule has 14 heteroatoms. The van der Waals surface area contributed by atoms with E-state index in [0.717, 1.165) is 11.9 Å². The number of amides is 1. The first-order valence-corrected chi connectivity index (χ1v) is 14.8. The fraction of sp³-hybridized carbons (Fsp3) is 0.483.